The number of rotatable bonds is 14. The van der Waals surface area contributed by atoms with E-state index in [1.54, 1.807) is 37.3 Å². The van der Waals surface area contributed by atoms with E-state index in [1.165, 1.54) is 13.0 Å². The maximum absolute atomic E-state index is 12.9. The molecule has 2 fully saturated rings. The van der Waals surface area contributed by atoms with Gasteiger partial charge in [0.1, 0.15) is 12.2 Å². The Morgan fingerprint density at radius 3 is 2.12 bits per heavy atom. The number of fused-ring (bicyclic) bond motifs is 2. The molecule has 0 unspecified atom stereocenters. The van der Waals surface area contributed by atoms with Crippen molar-refractivity contribution in [1.29, 1.82) is 0 Å². The highest BCUT2D eigenvalue weighted by Gasteiger charge is 2.85. The van der Waals surface area contributed by atoms with Crippen molar-refractivity contribution in [2.45, 2.75) is 74.5 Å². The lowest BCUT2D eigenvalue weighted by molar-refractivity contribution is -0.374. The van der Waals surface area contributed by atoms with Gasteiger partial charge < -0.3 is 44.5 Å². The van der Waals surface area contributed by atoms with Gasteiger partial charge in [0, 0.05) is 25.3 Å². The number of hydrogen-bond acceptors (Lipinski definition) is 11. The molecule has 8 atom stereocenters. The number of aliphatic carboxylic acids is 3. The molecule has 0 spiro atoms. The van der Waals surface area contributed by atoms with Crippen LogP contribution in [0.1, 0.15) is 37.8 Å². The van der Waals surface area contributed by atoms with Crippen molar-refractivity contribution >= 4 is 35.9 Å². The van der Waals surface area contributed by atoms with Crippen LogP contribution in [-0.4, -0.2) is 96.8 Å². The SMILES string of the molecule is C=C(CC[C@]12O[C@H](C(=O)O)[C@@](O)(C(=O)O)[C@](C(=O)O)(O1)[C@H](OC(=O)/C=C/c1ccccc1)[C@H]2O)[C@@H](OC(C)=O)[C@H](C)Cc1ccccc1. The molecule has 2 heterocycles. The van der Waals surface area contributed by atoms with Gasteiger partial charge in [0.05, 0.1) is 0 Å². The number of carboxylic acid groups (broad SMARTS) is 3. The molecule has 2 aliphatic heterocycles. The van der Waals surface area contributed by atoms with Gasteiger partial charge in [0.25, 0.3) is 0 Å². The van der Waals surface area contributed by atoms with E-state index in [2.05, 4.69) is 6.58 Å². The third kappa shape index (κ3) is 6.60. The molecule has 14 heteroatoms. The molecule has 48 heavy (non-hydrogen) atoms. The largest absolute Gasteiger partial charge is 0.479 e. The van der Waals surface area contributed by atoms with Crippen molar-refractivity contribution in [3.05, 3.63) is 90.0 Å². The zero-order valence-corrected chi connectivity index (χ0v) is 26.1. The Morgan fingerprint density at radius 2 is 1.58 bits per heavy atom. The van der Waals surface area contributed by atoms with Gasteiger partial charge in [-0.2, -0.15) is 0 Å². The molecular formula is C34H36O14. The highest BCUT2D eigenvalue weighted by molar-refractivity contribution is 5.98. The number of hydrogen-bond donors (Lipinski definition) is 5. The van der Waals surface area contributed by atoms with Gasteiger partial charge in [-0.3, -0.25) is 4.79 Å². The van der Waals surface area contributed by atoms with Crippen LogP contribution in [0.25, 0.3) is 6.08 Å². The summed E-state index contributed by atoms with van der Waals surface area (Å²) >= 11 is 0. The molecule has 0 radical (unpaired) electrons. The summed E-state index contributed by atoms with van der Waals surface area (Å²) in [6.45, 7) is 6.99. The Balaban J connectivity index is 1.71. The first-order valence-corrected chi connectivity index (χ1v) is 14.9. The molecule has 2 aliphatic rings. The van der Waals surface area contributed by atoms with Crippen LogP contribution < -0.4 is 0 Å². The predicted molar refractivity (Wildman–Crippen MR) is 164 cm³/mol. The average molecular weight is 669 g/mol. The van der Waals surface area contributed by atoms with E-state index in [0.717, 1.165) is 11.6 Å². The maximum Gasteiger partial charge on any atom is 0.344 e. The fraction of sp³-hybridized carbons (Fsp3) is 0.382. The third-order valence-corrected chi connectivity index (χ3v) is 8.46. The normalized spacial score (nSPS) is 29.0. The van der Waals surface area contributed by atoms with Gasteiger partial charge in [0.15, 0.2) is 6.10 Å². The molecule has 0 amide bonds. The van der Waals surface area contributed by atoms with Gasteiger partial charge in [0.2, 0.25) is 23.1 Å². The summed E-state index contributed by atoms with van der Waals surface area (Å²) in [6, 6.07) is 17.6. The molecule has 256 valence electrons. The lowest BCUT2D eigenvalue weighted by Gasteiger charge is -2.48. The van der Waals surface area contributed by atoms with Crippen LogP contribution in [0.15, 0.2) is 78.9 Å². The highest BCUT2D eigenvalue weighted by Crippen LogP contribution is 2.56. The van der Waals surface area contributed by atoms with Gasteiger partial charge >= 0.3 is 29.8 Å². The standard InChI is InChI=1S/C34H36O14/c1-19(25(45-21(3)35)20(2)18-23-12-8-5-9-13-23)16-17-32-26(37)27(46-24(36)15-14-22-10-6-4-7-11-22)34(48-32,31(42)43)33(44,30(40)41)28(47-32)29(38)39/h4-15,20,25-28,37,44H,1,16-18H2,2-3H3,(H,38,39)(H,40,41)(H,42,43)/b15-14+/t20-,25-,26-,27-,28-,32+,33-,34+/m1/s1. The Bertz CT molecular complexity index is 1590. The van der Waals surface area contributed by atoms with Gasteiger partial charge in [-0.05, 0) is 35.6 Å². The minimum absolute atomic E-state index is 0.237. The Hall–Kier alpha value is -4.89. The van der Waals surface area contributed by atoms with Gasteiger partial charge in [-0.25, -0.2) is 19.2 Å². The van der Waals surface area contributed by atoms with Crippen molar-refractivity contribution < 1.29 is 68.5 Å². The molecule has 0 aromatic heterocycles. The molecule has 2 bridgehead atoms. The van der Waals surface area contributed by atoms with Crippen LogP contribution in [0.4, 0.5) is 0 Å². The predicted octanol–water partition coefficient (Wildman–Crippen LogP) is 1.97. The summed E-state index contributed by atoms with van der Waals surface area (Å²) in [5, 5.41) is 53.3. The van der Waals surface area contributed by atoms with Crippen LogP contribution in [-0.2, 0) is 49.3 Å². The minimum atomic E-state index is -3.92. The second-order valence-corrected chi connectivity index (χ2v) is 11.8. The second-order valence-electron chi connectivity index (χ2n) is 11.8. The first-order chi connectivity index (χ1) is 22.6. The number of carbonyl (C=O) groups is 5. The van der Waals surface area contributed by atoms with Crippen molar-refractivity contribution in [2.24, 2.45) is 5.92 Å². The van der Waals surface area contributed by atoms with Crippen LogP contribution in [0.5, 0.6) is 0 Å². The van der Waals surface area contributed by atoms with E-state index in [4.69, 9.17) is 18.9 Å². The van der Waals surface area contributed by atoms with Crippen LogP contribution in [0, 0.1) is 5.92 Å². The van der Waals surface area contributed by atoms with Crippen LogP contribution in [0.3, 0.4) is 0 Å². The van der Waals surface area contributed by atoms with Crippen molar-refractivity contribution in [1.82, 2.24) is 0 Å². The zero-order chi connectivity index (χ0) is 35.4. The van der Waals surface area contributed by atoms with Crippen LogP contribution in [0.2, 0.25) is 0 Å². The molecular weight excluding hydrogens is 632 g/mol. The van der Waals surface area contributed by atoms with E-state index < -0.39 is 77.7 Å². The topological polar surface area (TPSA) is 223 Å². The van der Waals surface area contributed by atoms with E-state index in [-0.39, 0.29) is 17.9 Å². The van der Waals surface area contributed by atoms with Crippen molar-refractivity contribution in [3.8, 4) is 0 Å². The number of aliphatic hydroxyl groups is 2. The second kappa shape index (κ2) is 14.1. The van der Waals surface area contributed by atoms with Gasteiger partial charge in [-0.15, -0.1) is 0 Å². The minimum Gasteiger partial charge on any atom is -0.479 e. The number of benzene rings is 2. The first kappa shape index (κ1) is 36.0. The lowest BCUT2D eigenvalue weighted by atomic mass is 9.74. The Kier molecular flexibility index (Phi) is 10.5. The summed E-state index contributed by atoms with van der Waals surface area (Å²) in [4.78, 5) is 62.7. The number of esters is 2. The molecule has 5 N–H and O–H groups in total. The van der Waals surface area contributed by atoms with Crippen molar-refractivity contribution in [3.63, 3.8) is 0 Å². The van der Waals surface area contributed by atoms with E-state index in [9.17, 15) is 49.5 Å². The number of ether oxygens (including phenoxy) is 4. The lowest BCUT2D eigenvalue weighted by Crippen LogP contribution is -2.78. The average Bonchev–Trinajstić information content (AvgIpc) is 3.25. The molecule has 14 nitrogen and oxygen atoms in total. The maximum atomic E-state index is 12.9. The van der Waals surface area contributed by atoms with E-state index in [0.29, 0.717) is 12.0 Å². The van der Waals surface area contributed by atoms with Crippen molar-refractivity contribution in [2.75, 3.05) is 0 Å². The number of carboxylic acids is 3. The number of aliphatic hydroxyl groups excluding tert-OH is 1. The summed E-state index contributed by atoms with van der Waals surface area (Å²) in [5.74, 6) is -11.7. The summed E-state index contributed by atoms with van der Waals surface area (Å²) < 4.78 is 21.9. The first-order valence-electron chi connectivity index (χ1n) is 14.9. The van der Waals surface area contributed by atoms with E-state index >= 15 is 0 Å². The zero-order valence-electron chi connectivity index (χ0n) is 26.1. The molecule has 0 aliphatic carbocycles. The highest BCUT2D eigenvalue weighted by atomic mass is 16.8. The summed E-state index contributed by atoms with van der Waals surface area (Å²) in [5.41, 5.74) is -5.80. The summed E-state index contributed by atoms with van der Waals surface area (Å²) in [7, 11) is 0. The molecule has 2 saturated heterocycles. The monoisotopic (exact) mass is 668 g/mol. The molecule has 4 rings (SSSR count). The number of carbonyl (C=O) groups excluding carboxylic acids is 2. The summed E-state index contributed by atoms with van der Waals surface area (Å²) in [6.07, 6.45) is -6.84. The van der Waals surface area contributed by atoms with E-state index in [1.807, 2.05) is 30.3 Å². The smallest absolute Gasteiger partial charge is 0.344 e. The Labute approximate surface area is 274 Å². The third-order valence-electron chi connectivity index (χ3n) is 8.46. The van der Waals surface area contributed by atoms with Crippen LogP contribution >= 0.6 is 0 Å². The quantitative estimate of drug-likeness (QED) is 0.110. The fourth-order valence-corrected chi connectivity index (χ4v) is 6.19. The fourth-order valence-electron chi connectivity index (χ4n) is 6.19. The Morgan fingerprint density at radius 1 is 0.979 bits per heavy atom. The molecule has 0 saturated carbocycles. The van der Waals surface area contributed by atoms with Gasteiger partial charge in [-0.1, -0.05) is 74.2 Å². The molecule has 2 aromatic rings. The molecule has 2 aromatic carbocycles.